The van der Waals surface area contributed by atoms with Gasteiger partial charge in [0.15, 0.2) is 0 Å². The first-order valence-corrected chi connectivity index (χ1v) is 4.55. The second-order valence-corrected chi connectivity index (χ2v) is 2.62. The molecule has 0 aliphatic heterocycles. The van der Waals surface area contributed by atoms with E-state index in [1.165, 1.54) is 12.8 Å². The summed E-state index contributed by atoms with van der Waals surface area (Å²) < 4.78 is 0. The number of carboxylic acid groups (broad SMARTS) is 2. The van der Waals surface area contributed by atoms with Crippen molar-refractivity contribution in [1.29, 1.82) is 0 Å². The summed E-state index contributed by atoms with van der Waals surface area (Å²) in [7, 11) is 0. The Hall–Kier alpha value is -1.32. The van der Waals surface area contributed by atoms with Crippen LogP contribution in [-0.4, -0.2) is 22.2 Å². The average molecular weight is 202 g/mol. The predicted molar refractivity (Wildman–Crippen MR) is 54.2 cm³/mol. The van der Waals surface area contributed by atoms with Gasteiger partial charge in [-0.2, -0.15) is 0 Å². The lowest BCUT2D eigenvalue weighted by Crippen LogP contribution is -2.03. The zero-order valence-corrected chi connectivity index (χ0v) is 8.91. The highest BCUT2D eigenvalue weighted by molar-refractivity contribution is 5.88. The Morgan fingerprint density at radius 1 is 1.07 bits per heavy atom. The van der Waals surface area contributed by atoms with Crippen molar-refractivity contribution in [3.8, 4) is 0 Å². The van der Waals surface area contributed by atoms with E-state index in [-0.39, 0.29) is 0 Å². The van der Waals surface area contributed by atoms with Gasteiger partial charge in [-0.3, -0.25) is 9.59 Å². The molecule has 2 N–H and O–H groups in total. The number of allylic oxidation sites excluding steroid dienone is 2. The molecular formula is C10H18O4. The van der Waals surface area contributed by atoms with Gasteiger partial charge in [-0.1, -0.05) is 25.5 Å². The van der Waals surface area contributed by atoms with Crippen LogP contribution in [0, 0.1) is 0 Å². The summed E-state index contributed by atoms with van der Waals surface area (Å²) in [5.41, 5.74) is 1.56. The van der Waals surface area contributed by atoms with E-state index in [1.807, 2.05) is 0 Å². The summed E-state index contributed by atoms with van der Waals surface area (Å²) in [5.74, 6) is -2.62. The molecular weight excluding hydrogens is 184 g/mol. The normalized spacial score (nSPS) is 8.21. The molecule has 0 aromatic carbocycles. The predicted octanol–water partition coefficient (Wildman–Crippen LogP) is 2.30. The first-order valence-electron chi connectivity index (χ1n) is 4.55. The van der Waals surface area contributed by atoms with Crippen LogP contribution in [0.1, 0.15) is 40.0 Å². The average Bonchev–Trinajstić information content (AvgIpc) is 2.06. The molecule has 4 nitrogen and oxygen atoms in total. The van der Waals surface area contributed by atoms with Gasteiger partial charge in [0, 0.05) is 0 Å². The molecule has 0 unspecified atom stereocenters. The topological polar surface area (TPSA) is 74.6 Å². The largest absolute Gasteiger partial charge is 0.481 e. The van der Waals surface area contributed by atoms with Gasteiger partial charge in [0.05, 0.1) is 0 Å². The molecule has 0 heterocycles. The second-order valence-electron chi connectivity index (χ2n) is 2.62. The molecule has 4 heteroatoms. The van der Waals surface area contributed by atoms with Crippen molar-refractivity contribution < 1.29 is 19.8 Å². The molecule has 0 aromatic heterocycles. The van der Waals surface area contributed by atoms with Crippen molar-refractivity contribution in [3.05, 3.63) is 11.6 Å². The second kappa shape index (κ2) is 9.77. The minimum atomic E-state index is -1.31. The highest BCUT2D eigenvalue weighted by Gasteiger charge is 2.01. The van der Waals surface area contributed by atoms with Crippen LogP contribution in [0.5, 0.6) is 0 Å². The van der Waals surface area contributed by atoms with E-state index in [2.05, 4.69) is 26.8 Å². The number of carbonyl (C=O) groups is 2. The van der Waals surface area contributed by atoms with Crippen LogP contribution in [-0.2, 0) is 9.59 Å². The minimum Gasteiger partial charge on any atom is -0.481 e. The number of aliphatic carboxylic acids is 2. The third-order valence-corrected chi connectivity index (χ3v) is 1.62. The van der Waals surface area contributed by atoms with Crippen molar-refractivity contribution in [2.75, 3.05) is 0 Å². The summed E-state index contributed by atoms with van der Waals surface area (Å²) >= 11 is 0. The Balaban J connectivity index is 0. The summed E-state index contributed by atoms with van der Waals surface area (Å²) in [6.45, 7) is 6.49. The molecule has 0 atom stereocenters. The van der Waals surface area contributed by atoms with E-state index in [4.69, 9.17) is 10.2 Å². The zero-order valence-electron chi connectivity index (χ0n) is 8.91. The fourth-order valence-corrected chi connectivity index (χ4v) is 0.788. The van der Waals surface area contributed by atoms with Crippen LogP contribution < -0.4 is 0 Å². The quantitative estimate of drug-likeness (QED) is 0.541. The van der Waals surface area contributed by atoms with Crippen molar-refractivity contribution in [3.63, 3.8) is 0 Å². The highest BCUT2D eigenvalue weighted by Crippen LogP contribution is 2.02. The first-order chi connectivity index (χ1) is 6.47. The zero-order chi connectivity index (χ0) is 11.6. The Morgan fingerprint density at radius 2 is 1.43 bits per heavy atom. The van der Waals surface area contributed by atoms with E-state index in [9.17, 15) is 9.59 Å². The molecule has 82 valence electrons. The smallest absolute Gasteiger partial charge is 0.314 e. The van der Waals surface area contributed by atoms with Crippen LogP contribution in [0.25, 0.3) is 0 Å². The van der Waals surface area contributed by atoms with Gasteiger partial charge in [-0.05, 0) is 19.8 Å². The van der Waals surface area contributed by atoms with Gasteiger partial charge in [0.25, 0.3) is 0 Å². The maximum Gasteiger partial charge on any atom is 0.314 e. The van der Waals surface area contributed by atoms with Crippen molar-refractivity contribution >= 4 is 11.9 Å². The van der Waals surface area contributed by atoms with Gasteiger partial charge in [-0.25, -0.2) is 0 Å². The number of hydrogen-bond donors (Lipinski definition) is 2. The van der Waals surface area contributed by atoms with Gasteiger partial charge in [0.1, 0.15) is 6.42 Å². The monoisotopic (exact) mass is 202 g/mol. The summed E-state index contributed by atoms with van der Waals surface area (Å²) in [5, 5.41) is 15.4. The van der Waals surface area contributed by atoms with Gasteiger partial charge < -0.3 is 10.2 Å². The molecule has 0 aromatic rings. The van der Waals surface area contributed by atoms with E-state index in [1.54, 1.807) is 5.57 Å². The molecule has 0 radical (unpaired) electrons. The van der Waals surface area contributed by atoms with Crippen LogP contribution in [0.2, 0.25) is 0 Å². The Labute approximate surface area is 84.3 Å². The van der Waals surface area contributed by atoms with Gasteiger partial charge in [-0.15, -0.1) is 0 Å². The Morgan fingerprint density at radius 3 is 1.43 bits per heavy atom. The van der Waals surface area contributed by atoms with Crippen LogP contribution in [0.15, 0.2) is 11.6 Å². The van der Waals surface area contributed by atoms with Crippen LogP contribution >= 0.6 is 0 Å². The van der Waals surface area contributed by atoms with Gasteiger partial charge >= 0.3 is 11.9 Å². The Kier molecular flexibility index (Phi) is 10.6. The number of rotatable bonds is 4. The van der Waals surface area contributed by atoms with Crippen molar-refractivity contribution in [2.24, 2.45) is 0 Å². The molecule has 0 amide bonds. The first kappa shape index (κ1) is 15.2. The molecule has 0 spiro atoms. The highest BCUT2D eigenvalue weighted by atomic mass is 16.4. The summed E-state index contributed by atoms with van der Waals surface area (Å²) in [4.78, 5) is 18.9. The fourth-order valence-electron chi connectivity index (χ4n) is 0.788. The maximum atomic E-state index is 9.43. The van der Waals surface area contributed by atoms with Gasteiger partial charge in [0.2, 0.25) is 0 Å². The summed E-state index contributed by atoms with van der Waals surface area (Å²) in [6.07, 6.45) is 3.82. The molecule has 0 saturated carbocycles. The summed E-state index contributed by atoms with van der Waals surface area (Å²) in [6, 6.07) is 0. The molecule has 0 aliphatic carbocycles. The van der Waals surface area contributed by atoms with E-state index < -0.39 is 18.4 Å². The van der Waals surface area contributed by atoms with E-state index >= 15 is 0 Å². The molecule has 0 rings (SSSR count). The van der Waals surface area contributed by atoms with Crippen molar-refractivity contribution in [1.82, 2.24) is 0 Å². The molecule has 14 heavy (non-hydrogen) atoms. The molecule has 0 fully saturated rings. The molecule has 0 aliphatic rings. The van der Waals surface area contributed by atoms with Crippen molar-refractivity contribution in [2.45, 2.75) is 40.0 Å². The van der Waals surface area contributed by atoms with Crippen LogP contribution in [0.3, 0.4) is 0 Å². The third kappa shape index (κ3) is 13.3. The fraction of sp³-hybridized carbons (Fsp3) is 0.600. The third-order valence-electron chi connectivity index (χ3n) is 1.62. The minimum absolute atomic E-state index is 0.806. The Bertz CT molecular complexity index is 188. The lowest BCUT2D eigenvalue weighted by molar-refractivity contribution is -0.147. The number of hydrogen-bond acceptors (Lipinski definition) is 2. The lowest BCUT2D eigenvalue weighted by Gasteiger charge is -1.93. The van der Waals surface area contributed by atoms with E-state index in [0.717, 1.165) is 0 Å². The standard InChI is InChI=1S/C7H14.C3H4O4/c1-4-7(5-2)6-3;4-2(5)1-3(6)7/h4H,5-6H2,1-3H3;1H2,(H,4,5)(H,6,7). The molecule has 0 saturated heterocycles. The number of carboxylic acids is 2. The maximum absolute atomic E-state index is 9.43. The van der Waals surface area contributed by atoms with Crippen LogP contribution in [0.4, 0.5) is 0 Å². The lowest BCUT2D eigenvalue weighted by atomic mass is 10.1. The SMILES string of the molecule is CC=C(CC)CC.O=C(O)CC(=O)O. The van der Waals surface area contributed by atoms with E-state index in [0.29, 0.717) is 0 Å². The molecule has 0 bridgehead atoms.